The maximum Gasteiger partial charge on any atom is 0.242 e. The summed E-state index contributed by atoms with van der Waals surface area (Å²) >= 11 is 0. The molecule has 1 aromatic carbocycles. The van der Waals surface area contributed by atoms with Crippen molar-refractivity contribution < 1.29 is 13.2 Å². The predicted octanol–water partition coefficient (Wildman–Crippen LogP) is 2.01. The largest absolute Gasteiger partial charge is 0.376 e. The number of amides is 1. The van der Waals surface area contributed by atoms with E-state index in [2.05, 4.69) is 18.5 Å². The quantitative estimate of drug-likeness (QED) is 0.669. The molecule has 1 aliphatic rings. The van der Waals surface area contributed by atoms with E-state index in [-0.39, 0.29) is 18.2 Å². The van der Waals surface area contributed by atoms with Gasteiger partial charge in [0.1, 0.15) is 0 Å². The lowest BCUT2D eigenvalue weighted by atomic mass is 9.99. The molecule has 26 heavy (non-hydrogen) atoms. The summed E-state index contributed by atoms with van der Waals surface area (Å²) in [5.74, 6) is 0.0745. The first-order chi connectivity index (χ1) is 12.4. The highest BCUT2D eigenvalue weighted by Crippen LogP contribution is 2.27. The minimum Gasteiger partial charge on any atom is -0.376 e. The number of rotatable bonds is 9. The van der Waals surface area contributed by atoms with Crippen molar-refractivity contribution in [1.82, 2.24) is 9.21 Å². The molecule has 0 fully saturated rings. The molecular weight excluding hydrogens is 350 g/mol. The Hall–Kier alpha value is -2.12. The van der Waals surface area contributed by atoms with Crippen molar-refractivity contribution in [3.63, 3.8) is 0 Å². The van der Waals surface area contributed by atoms with Crippen LogP contribution in [-0.4, -0.2) is 55.5 Å². The number of hydrogen-bond acceptors (Lipinski definition) is 4. The van der Waals surface area contributed by atoms with E-state index in [1.807, 2.05) is 18.2 Å². The Bertz CT molecular complexity index is 764. The molecule has 1 amide bonds. The second kappa shape index (κ2) is 9.00. The molecule has 0 bridgehead atoms. The Kier molecular flexibility index (Phi) is 6.99. The topological polar surface area (TPSA) is 69.7 Å². The number of fused-ring (bicyclic) bond motifs is 1. The maximum absolute atomic E-state index is 12.4. The van der Waals surface area contributed by atoms with Crippen molar-refractivity contribution >= 4 is 21.6 Å². The average Bonchev–Trinajstić information content (AvgIpc) is 2.65. The van der Waals surface area contributed by atoms with Gasteiger partial charge in [0.15, 0.2) is 0 Å². The molecule has 1 aliphatic heterocycles. The third-order valence-electron chi connectivity index (χ3n) is 4.47. The van der Waals surface area contributed by atoms with E-state index in [1.54, 1.807) is 24.0 Å². The van der Waals surface area contributed by atoms with Crippen LogP contribution in [0.4, 0.5) is 5.69 Å². The van der Waals surface area contributed by atoms with Gasteiger partial charge in [-0.15, -0.1) is 13.2 Å². The molecule has 0 radical (unpaired) electrons. The van der Waals surface area contributed by atoms with Gasteiger partial charge in [-0.2, -0.15) is 4.31 Å². The number of benzene rings is 1. The van der Waals surface area contributed by atoms with Crippen molar-refractivity contribution in [2.45, 2.75) is 19.9 Å². The Morgan fingerprint density at radius 2 is 2.00 bits per heavy atom. The summed E-state index contributed by atoms with van der Waals surface area (Å²) < 4.78 is 25.7. The number of carbonyl (C=O) groups excluding carboxylic acids is 1. The van der Waals surface area contributed by atoms with Gasteiger partial charge in [-0.3, -0.25) is 4.79 Å². The zero-order chi connectivity index (χ0) is 19.2. The smallest absolute Gasteiger partial charge is 0.242 e. The molecule has 2 rings (SSSR count). The van der Waals surface area contributed by atoms with Crippen molar-refractivity contribution in [3.8, 4) is 0 Å². The van der Waals surface area contributed by atoms with Crippen molar-refractivity contribution in [1.29, 1.82) is 0 Å². The SMILES string of the molecule is C=CCN(CC=C)C(=O)CNc1cccc2c1CCN(S(=O)(=O)CC)C2. The fourth-order valence-electron chi connectivity index (χ4n) is 3.04. The summed E-state index contributed by atoms with van der Waals surface area (Å²) in [5, 5.41) is 3.21. The maximum atomic E-state index is 12.4. The van der Waals surface area contributed by atoms with Gasteiger partial charge in [0.05, 0.1) is 12.3 Å². The molecule has 0 saturated heterocycles. The highest BCUT2D eigenvalue weighted by molar-refractivity contribution is 7.89. The summed E-state index contributed by atoms with van der Waals surface area (Å²) in [6, 6.07) is 5.77. The molecule has 0 atom stereocenters. The van der Waals surface area contributed by atoms with Crippen LogP contribution in [0.1, 0.15) is 18.1 Å². The average molecular weight is 378 g/mol. The van der Waals surface area contributed by atoms with Crippen LogP contribution in [0.5, 0.6) is 0 Å². The number of carbonyl (C=O) groups is 1. The monoisotopic (exact) mass is 377 g/mol. The Morgan fingerprint density at radius 1 is 1.31 bits per heavy atom. The van der Waals surface area contributed by atoms with Crippen LogP contribution in [0.25, 0.3) is 0 Å². The Morgan fingerprint density at radius 3 is 2.62 bits per heavy atom. The molecule has 1 heterocycles. The fraction of sp³-hybridized carbons (Fsp3) is 0.421. The normalized spacial score (nSPS) is 14.3. The summed E-state index contributed by atoms with van der Waals surface area (Å²) in [4.78, 5) is 14.0. The number of nitrogens with zero attached hydrogens (tertiary/aromatic N) is 2. The lowest BCUT2D eigenvalue weighted by Gasteiger charge is -2.29. The first-order valence-electron chi connectivity index (χ1n) is 8.75. The van der Waals surface area contributed by atoms with Crippen molar-refractivity contribution in [2.24, 2.45) is 0 Å². The molecule has 0 aliphatic carbocycles. The van der Waals surface area contributed by atoms with Gasteiger partial charge in [-0.05, 0) is 30.5 Å². The van der Waals surface area contributed by atoms with Gasteiger partial charge in [0.25, 0.3) is 0 Å². The zero-order valence-electron chi connectivity index (χ0n) is 15.3. The van der Waals surface area contributed by atoms with E-state index in [4.69, 9.17) is 0 Å². The first kappa shape index (κ1) is 20.2. The van der Waals surface area contributed by atoms with Gasteiger partial charge in [-0.1, -0.05) is 24.3 Å². The molecule has 0 spiro atoms. The number of anilines is 1. The molecule has 0 unspecified atom stereocenters. The zero-order valence-corrected chi connectivity index (χ0v) is 16.1. The molecule has 7 heteroatoms. The number of hydrogen-bond donors (Lipinski definition) is 1. The van der Waals surface area contributed by atoms with E-state index < -0.39 is 10.0 Å². The van der Waals surface area contributed by atoms with Gasteiger partial charge < -0.3 is 10.2 Å². The highest BCUT2D eigenvalue weighted by atomic mass is 32.2. The Balaban J connectivity index is 2.09. The van der Waals surface area contributed by atoms with Gasteiger partial charge in [0, 0.05) is 31.9 Å². The summed E-state index contributed by atoms with van der Waals surface area (Å²) in [6.45, 7) is 11.0. The lowest BCUT2D eigenvalue weighted by Crippen LogP contribution is -2.38. The number of nitrogens with one attached hydrogen (secondary N) is 1. The van der Waals surface area contributed by atoms with E-state index in [0.717, 1.165) is 16.8 Å². The molecule has 1 aromatic rings. The van der Waals surface area contributed by atoms with Crippen LogP contribution in [0.3, 0.4) is 0 Å². The van der Waals surface area contributed by atoms with E-state index >= 15 is 0 Å². The second-order valence-electron chi connectivity index (χ2n) is 6.16. The predicted molar refractivity (Wildman–Crippen MR) is 105 cm³/mol. The molecule has 6 nitrogen and oxygen atoms in total. The Labute approximate surface area is 156 Å². The molecule has 1 N–H and O–H groups in total. The van der Waals surface area contributed by atoms with Crippen molar-refractivity contribution in [3.05, 3.63) is 54.6 Å². The van der Waals surface area contributed by atoms with Gasteiger partial charge in [-0.25, -0.2) is 8.42 Å². The highest BCUT2D eigenvalue weighted by Gasteiger charge is 2.26. The van der Waals surface area contributed by atoms with E-state index in [9.17, 15) is 13.2 Å². The van der Waals surface area contributed by atoms with Gasteiger partial charge >= 0.3 is 0 Å². The second-order valence-corrected chi connectivity index (χ2v) is 8.41. The van der Waals surface area contributed by atoms with E-state index in [1.165, 1.54) is 4.31 Å². The third kappa shape index (κ3) is 4.74. The molecule has 0 aromatic heterocycles. The fourth-order valence-corrected chi connectivity index (χ4v) is 4.11. The number of sulfonamides is 1. The molecule has 0 saturated carbocycles. The first-order valence-corrected chi connectivity index (χ1v) is 10.4. The van der Waals surface area contributed by atoms with Crippen molar-refractivity contribution in [2.75, 3.05) is 37.2 Å². The van der Waals surface area contributed by atoms with Crippen LogP contribution in [0.15, 0.2) is 43.5 Å². The van der Waals surface area contributed by atoms with Crippen LogP contribution in [0.2, 0.25) is 0 Å². The van der Waals surface area contributed by atoms with Crippen LogP contribution in [-0.2, 0) is 27.8 Å². The summed E-state index contributed by atoms with van der Waals surface area (Å²) in [5.41, 5.74) is 2.96. The van der Waals surface area contributed by atoms with Crippen LogP contribution < -0.4 is 5.32 Å². The summed E-state index contributed by atoms with van der Waals surface area (Å²) in [6.07, 6.45) is 4.01. The lowest BCUT2D eigenvalue weighted by molar-refractivity contribution is -0.128. The third-order valence-corrected chi connectivity index (χ3v) is 6.30. The van der Waals surface area contributed by atoms with Gasteiger partial charge in [0.2, 0.25) is 15.9 Å². The van der Waals surface area contributed by atoms with Crippen LogP contribution >= 0.6 is 0 Å². The molecule has 142 valence electrons. The van der Waals surface area contributed by atoms with E-state index in [0.29, 0.717) is 32.6 Å². The summed E-state index contributed by atoms with van der Waals surface area (Å²) in [7, 11) is -3.19. The minimum absolute atomic E-state index is 0.0339. The van der Waals surface area contributed by atoms with Crippen LogP contribution in [0, 0.1) is 0 Å². The molecular formula is C19H27N3O3S. The minimum atomic E-state index is -3.19. The standard InChI is InChI=1S/C19H27N3O3S/c1-4-11-21(12-5-2)19(23)14-20-18-9-7-8-16-15-22(13-10-17(16)18)26(24,25)6-3/h4-5,7-9,20H,1-2,6,10-15H2,3H3.